The number of ether oxygens (including phenoxy) is 1. The smallest absolute Gasteiger partial charge is 0.119 e. The van der Waals surface area contributed by atoms with E-state index in [1.807, 2.05) is 12.1 Å². The average Bonchev–Trinajstić information content (AvgIpc) is 2.33. The second-order valence-electron chi connectivity index (χ2n) is 4.58. The van der Waals surface area contributed by atoms with Gasteiger partial charge in [0.05, 0.1) is 6.61 Å². The fourth-order valence-corrected chi connectivity index (χ4v) is 1.49. The first-order valence-electron chi connectivity index (χ1n) is 6.25. The highest BCUT2D eigenvalue weighted by Crippen LogP contribution is 2.11. The van der Waals surface area contributed by atoms with Crippen LogP contribution in [-0.4, -0.2) is 24.9 Å². The molecule has 3 nitrogen and oxygen atoms in total. The SMILES string of the molecule is CC(C)CCNCc1ccc(OCCO)cc1. The van der Waals surface area contributed by atoms with Crippen LogP contribution < -0.4 is 10.1 Å². The van der Waals surface area contributed by atoms with Crippen molar-refractivity contribution in [1.82, 2.24) is 5.32 Å². The summed E-state index contributed by atoms with van der Waals surface area (Å²) in [5.41, 5.74) is 1.25. The highest BCUT2D eigenvalue weighted by molar-refractivity contribution is 5.27. The summed E-state index contributed by atoms with van der Waals surface area (Å²) in [5.74, 6) is 1.56. The third kappa shape index (κ3) is 6.29. The van der Waals surface area contributed by atoms with E-state index in [-0.39, 0.29) is 6.61 Å². The Bertz CT molecular complexity index is 296. The van der Waals surface area contributed by atoms with Crippen LogP contribution in [0.3, 0.4) is 0 Å². The number of hydrogen-bond donors (Lipinski definition) is 2. The number of rotatable bonds is 8. The molecular weight excluding hydrogens is 214 g/mol. The van der Waals surface area contributed by atoms with Gasteiger partial charge in [-0.15, -0.1) is 0 Å². The Morgan fingerprint density at radius 3 is 2.53 bits per heavy atom. The van der Waals surface area contributed by atoms with E-state index in [1.54, 1.807) is 0 Å². The van der Waals surface area contributed by atoms with Crippen LogP contribution in [0.5, 0.6) is 5.75 Å². The zero-order chi connectivity index (χ0) is 12.5. The fraction of sp³-hybridized carbons (Fsp3) is 0.571. The lowest BCUT2D eigenvalue weighted by Gasteiger charge is -2.08. The molecule has 3 heteroatoms. The first-order valence-corrected chi connectivity index (χ1v) is 6.25. The molecule has 96 valence electrons. The molecular formula is C14H23NO2. The van der Waals surface area contributed by atoms with Gasteiger partial charge in [0.15, 0.2) is 0 Å². The van der Waals surface area contributed by atoms with Crippen molar-refractivity contribution in [3.63, 3.8) is 0 Å². The predicted molar refractivity (Wildman–Crippen MR) is 70.2 cm³/mol. The zero-order valence-corrected chi connectivity index (χ0v) is 10.8. The number of hydrogen-bond acceptors (Lipinski definition) is 3. The van der Waals surface area contributed by atoms with Gasteiger partial charge in [-0.3, -0.25) is 0 Å². The molecule has 2 N–H and O–H groups in total. The Morgan fingerprint density at radius 2 is 1.94 bits per heavy atom. The Kier molecular flexibility index (Phi) is 6.67. The van der Waals surface area contributed by atoms with Gasteiger partial charge >= 0.3 is 0 Å². The molecule has 0 heterocycles. The second kappa shape index (κ2) is 8.09. The van der Waals surface area contributed by atoms with Crippen LogP contribution in [0, 0.1) is 5.92 Å². The molecule has 0 bridgehead atoms. The van der Waals surface area contributed by atoms with E-state index in [4.69, 9.17) is 9.84 Å². The number of nitrogens with one attached hydrogen (secondary N) is 1. The van der Waals surface area contributed by atoms with Crippen LogP contribution >= 0.6 is 0 Å². The van der Waals surface area contributed by atoms with Crippen molar-refractivity contribution in [1.29, 1.82) is 0 Å². The molecule has 0 aliphatic heterocycles. The lowest BCUT2D eigenvalue weighted by Crippen LogP contribution is -2.16. The van der Waals surface area contributed by atoms with Crippen molar-refractivity contribution in [2.75, 3.05) is 19.8 Å². The van der Waals surface area contributed by atoms with Gasteiger partial charge in [0, 0.05) is 6.54 Å². The molecule has 0 atom stereocenters. The number of aliphatic hydroxyl groups excluding tert-OH is 1. The molecule has 0 saturated heterocycles. The van der Waals surface area contributed by atoms with Gasteiger partial charge in [-0.2, -0.15) is 0 Å². The van der Waals surface area contributed by atoms with E-state index in [0.29, 0.717) is 6.61 Å². The monoisotopic (exact) mass is 237 g/mol. The van der Waals surface area contributed by atoms with E-state index in [2.05, 4.69) is 31.3 Å². The summed E-state index contributed by atoms with van der Waals surface area (Å²) >= 11 is 0. The lowest BCUT2D eigenvalue weighted by molar-refractivity contribution is 0.201. The standard InChI is InChI=1S/C14H23NO2/c1-12(2)7-8-15-11-13-3-5-14(6-4-13)17-10-9-16/h3-6,12,15-16H,7-11H2,1-2H3. The van der Waals surface area contributed by atoms with E-state index >= 15 is 0 Å². The minimum Gasteiger partial charge on any atom is -0.491 e. The van der Waals surface area contributed by atoms with Gasteiger partial charge in [-0.05, 0) is 36.6 Å². The molecule has 0 aromatic heterocycles. The molecule has 1 aromatic rings. The summed E-state index contributed by atoms with van der Waals surface area (Å²) in [6, 6.07) is 7.98. The molecule has 0 spiro atoms. The molecule has 0 fully saturated rings. The molecule has 0 radical (unpaired) electrons. The Balaban J connectivity index is 2.25. The first kappa shape index (κ1) is 14.0. The number of benzene rings is 1. The quantitative estimate of drug-likeness (QED) is 0.681. The maximum absolute atomic E-state index is 8.64. The molecule has 0 aliphatic carbocycles. The van der Waals surface area contributed by atoms with Crippen LogP contribution in [0.4, 0.5) is 0 Å². The summed E-state index contributed by atoms with van der Waals surface area (Å²) in [4.78, 5) is 0. The van der Waals surface area contributed by atoms with Crippen LogP contribution in [0.25, 0.3) is 0 Å². The largest absolute Gasteiger partial charge is 0.491 e. The van der Waals surface area contributed by atoms with Crippen molar-refractivity contribution in [2.24, 2.45) is 5.92 Å². The van der Waals surface area contributed by atoms with Crippen LogP contribution in [0.2, 0.25) is 0 Å². The van der Waals surface area contributed by atoms with Crippen LogP contribution in [0.1, 0.15) is 25.8 Å². The Morgan fingerprint density at radius 1 is 1.24 bits per heavy atom. The lowest BCUT2D eigenvalue weighted by atomic mass is 10.1. The topological polar surface area (TPSA) is 41.5 Å². The van der Waals surface area contributed by atoms with Crippen molar-refractivity contribution in [3.05, 3.63) is 29.8 Å². The van der Waals surface area contributed by atoms with E-state index < -0.39 is 0 Å². The minimum atomic E-state index is 0.0541. The van der Waals surface area contributed by atoms with Gasteiger partial charge in [0.25, 0.3) is 0 Å². The van der Waals surface area contributed by atoms with E-state index in [9.17, 15) is 0 Å². The van der Waals surface area contributed by atoms with Gasteiger partial charge in [-0.25, -0.2) is 0 Å². The second-order valence-corrected chi connectivity index (χ2v) is 4.58. The molecule has 0 saturated carbocycles. The molecule has 1 rings (SSSR count). The van der Waals surface area contributed by atoms with Gasteiger partial charge < -0.3 is 15.2 Å². The summed E-state index contributed by atoms with van der Waals surface area (Å²) in [5, 5.41) is 12.1. The van der Waals surface area contributed by atoms with Crippen molar-refractivity contribution < 1.29 is 9.84 Å². The average molecular weight is 237 g/mol. The number of aliphatic hydroxyl groups is 1. The Hall–Kier alpha value is -1.06. The summed E-state index contributed by atoms with van der Waals surface area (Å²) in [6.07, 6.45) is 1.21. The molecule has 0 amide bonds. The predicted octanol–water partition coefficient (Wildman–Crippen LogP) is 2.19. The highest BCUT2D eigenvalue weighted by atomic mass is 16.5. The van der Waals surface area contributed by atoms with E-state index in [0.717, 1.165) is 24.8 Å². The Labute approximate surface area is 104 Å². The van der Waals surface area contributed by atoms with Crippen molar-refractivity contribution >= 4 is 0 Å². The molecule has 0 unspecified atom stereocenters. The summed E-state index contributed by atoms with van der Waals surface area (Å²) in [6.45, 7) is 6.82. The van der Waals surface area contributed by atoms with Crippen molar-refractivity contribution in [3.8, 4) is 5.75 Å². The third-order valence-electron chi connectivity index (χ3n) is 2.51. The van der Waals surface area contributed by atoms with Gasteiger partial charge in [0.1, 0.15) is 12.4 Å². The van der Waals surface area contributed by atoms with Gasteiger partial charge in [-0.1, -0.05) is 26.0 Å². The van der Waals surface area contributed by atoms with Crippen LogP contribution in [-0.2, 0) is 6.54 Å². The maximum Gasteiger partial charge on any atom is 0.119 e. The van der Waals surface area contributed by atoms with E-state index in [1.165, 1.54) is 12.0 Å². The third-order valence-corrected chi connectivity index (χ3v) is 2.51. The minimum absolute atomic E-state index is 0.0541. The van der Waals surface area contributed by atoms with Crippen LogP contribution in [0.15, 0.2) is 24.3 Å². The summed E-state index contributed by atoms with van der Waals surface area (Å²) in [7, 11) is 0. The zero-order valence-electron chi connectivity index (χ0n) is 10.8. The van der Waals surface area contributed by atoms with Crippen molar-refractivity contribution in [2.45, 2.75) is 26.8 Å². The maximum atomic E-state index is 8.64. The fourth-order valence-electron chi connectivity index (χ4n) is 1.49. The van der Waals surface area contributed by atoms with Gasteiger partial charge in [0.2, 0.25) is 0 Å². The molecule has 1 aromatic carbocycles. The molecule has 17 heavy (non-hydrogen) atoms. The molecule has 0 aliphatic rings. The normalized spacial score (nSPS) is 10.8. The highest BCUT2D eigenvalue weighted by Gasteiger charge is 1.96. The first-order chi connectivity index (χ1) is 8.22. The summed E-state index contributed by atoms with van der Waals surface area (Å²) < 4.78 is 5.30.